The third-order valence-corrected chi connectivity index (χ3v) is 3.63. The highest BCUT2D eigenvalue weighted by Crippen LogP contribution is 2.25. The molecule has 0 aliphatic carbocycles. The minimum Gasteiger partial charge on any atom is -0.466 e. The molecule has 0 saturated heterocycles. The van der Waals surface area contributed by atoms with Gasteiger partial charge in [-0.05, 0) is 39.3 Å². The number of aliphatic imine (C=N–C) groups is 1. The number of carbonyl (C=O) groups is 3. The third kappa shape index (κ3) is 7.64. The van der Waals surface area contributed by atoms with Gasteiger partial charge in [0.1, 0.15) is 5.82 Å². The van der Waals surface area contributed by atoms with E-state index in [2.05, 4.69) is 10.3 Å². The molecule has 28 heavy (non-hydrogen) atoms. The molecule has 0 aromatic heterocycles. The molecule has 0 unspecified atom stereocenters. The number of nitrogens with one attached hydrogen (secondary N) is 1. The molecule has 1 N–H and O–H groups in total. The van der Waals surface area contributed by atoms with Crippen LogP contribution in [0.5, 0.6) is 0 Å². The van der Waals surface area contributed by atoms with E-state index in [1.54, 1.807) is 20.8 Å². The van der Waals surface area contributed by atoms with Crippen LogP contribution in [0.1, 0.15) is 57.3 Å². The molecule has 9 heteroatoms. The molecule has 1 aromatic carbocycles. The van der Waals surface area contributed by atoms with Crippen molar-refractivity contribution in [2.45, 2.75) is 53.1 Å². The van der Waals surface area contributed by atoms with Crippen LogP contribution >= 0.6 is 11.6 Å². The van der Waals surface area contributed by atoms with Crippen LogP contribution in [0.3, 0.4) is 0 Å². The van der Waals surface area contributed by atoms with Crippen molar-refractivity contribution in [3.05, 3.63) is 28.5 Å². The zero-order chi connectivity index (χ0) is 21.3. The van der Waals surface area contributed by atoms with Gasteiger partial charge in [-0.1, -0.05) is 24.9 Å². The lowest BCUT2D eigenvalue weighted by atomic mass is 10.1. The Morgan fingerprint density at radius 3 is 2.50 bits per heavy atom. The lowest BCUT2D eigenvalue weighted by Gasteiger charge is -2.12. The van der Waals surface area contributed by atoms with Crippen molar-refractivity contribution in [3.8, 4) is 0 Å². The Kier molecular flexibility index (Phi) is 9.58. The molecule has 0 fully saturated rings. The summed E-state index contributed by atoms with van der Waals surface area (Å²) in [5.74, 6) is -2.08. The van der Waals surface area contributed by atoms with E-state index in [9.17, 15) is 18.8 Å². The molecule has 1 aromatic rings. The minimum atomic E-state index is -0.878. The molecular formula is C19H24ClFN2O5. The first-order valence-corrected chi connectivity index (χ1v) is 9.28. The molecule has 0 radical (unpaired) electrons. The molecule has 0 spiro atoms. The second kappa shape index (κ2) is 11.4. The summed E-state index contributed by atoms with van der Waals surface area (Å²) in [6, 6.07) is 1.11. The average molecular weight is 415 g/mol. The molecule has 154 valence electrons. The Morgan fingerprint density at radius 1 is 1.25 bits per heavy atom. The van der Waals surface area contributed by atoms with Gasteiger partial charge in [-0.3, -0.25) is 4.79 Å². The zero-order valence-electron chi connectivity index (χ0n) is 16.3. The topological polar surface area (TPSA) is 94.1 Å². The number of benzene rings is 1. The highest BCUT2D eigenvalue weighted by molar-refractivity contribution is 6.33. The number of halogens is 2. The standard InChI is InChI=1S/C19H24ClFN2O5/c1-5-7-12(8-17(24)27-6-2)22-19(26)23-16-9-13(14(20)10-15(16)21)18(25)28-11(3)4/h9-11H,5-8H2,1-4H3,(H,23,26). The average Bonchev–Trinajstić information content (AvgIpc) is 2.56. The first kappa shape index (κ1) is 23.6. The van der Waals surface area contributed by atoms with Crippen molar-refractivity contribution < 1.29 is 28.2 Å². The van der Waals surface area contributed by atoms with Gasteiger partial charge >= 0.3 is 18.0 Å². The fourth-order valence-electron chi connectivity index (χ4n) is 2.22. The Hall–Kier alpha value is -2.48. The number of esters is 2. The number of nitrogens with zero attached hydrogens (tertiary/aromatic N) is 1. The zero-order valence-corrected chi connectivity index (χ0v) is 17.1. The second-order valence-electron chi connectivity index (χ2n) is 6.11. The van der Waals surface area contributed by atoms with Gasteiger partial charge in [0.25, 0.3) is 0 Å². The molecule has 2 amide bonds. The maximum atomic E-state index is 14.1. The predicted molar refractivity (Wildman–Crippen MR) is 105 cm³/mol. The molecule has 0 atom stereocenters. The normalized spacial score (nSPS) is 11.3. The van der Waals surface area contributed by atoms with Crippen molar-refractivity contribution >= 4 is 41.0 Å². The first-order chi connectivity index (χ1) is 13.2. The second-order valence-corrected chi connectivity index (χ2v) is 6.51. The van der Waals surface area contributed by atoms with Gasteiger partial charge in [-0.15, -0.1) is 0 Å². The Labute approximate surface area is 168 Å². The SMILES string of the molecule is CCCC(CC(=O)OCC)=NC(=O)Nc1cc(C(=O)OC(C)C)c(Cl)cc1F. The quantitative estimate of drug-likeness (QED) is 0.488. The lowest BCUT2D eigenvalue weighted by Crippen LogP contribution is -2.17. The van der Waals surface area contributed by atoms with E-state index in [0.717, 1.165) is 12.1 Å². The summed E-state index contributed by atoms with van der Waals surface area (Å²) in [7, 11) is 0. The molecule has 1 rings (SSSR count). The van der Waals surface area contributed by atoms with Crippen LogP contribution in [0.4, 0.5) is 14.9 Å². The Bertz CT molecular complexity index is 765. The van der Waals surface area contributed by atoms with Crippen molar-refractivity contribution in [2.24, 2.45) is 4.99 Å². The number of carbonyl (C=O) groups excluding carboxylic acids is 3. The van der Waals surface area contributed by atoms with Crippen LogP contribution in [-0.4, -0.2) is 36.4 Å². The number of rotatable bonds is 8. The van der Waals surface area contributed by atoms with E-state index in [0.29, 0.717) is 18.6 Å². The molecule has 0 saturated carbocycles. The number of ether oxygens (including phenoxy) is 2. The monoisotopic (exact) mass is 414 g/mol. The van der Waals surface area contributed by atoms with Gasteiger partial charge < -0.3 is 14.8 Å². The summed E-state index contributed by atoms with van der Waals surface area (Å²) in [6.07, 6.45) is 0.535. The summed E-state index contributed by atoms with van der Waals surface area (Å²) in [4.78, 5) is 39.6. The van der Waals surface area contributed by atoms with Crippen molar-refractivity contribution in [1.29, 1.82) is 0 Å². The van der Waals surface area contributed by atoms with E-state index >= 15 is 0 Å². The number of hydrogen-bond donors (Lipinski definition) is 1. The largest absolute Gasteiger partial charge is 0.466 e. The highest BCUT2D eigenvalue weighted by atomic mass is 35.5. The predicted octanol–water partition coefficient (Wildman–Crippen LogP) is 4.77. The molecule has 7 nitrogen and oxygen atoms in total. The van der Waals surface area contributed by atoms with Crippen molar-refractivity contribution in [2.75, 3.05) is 11.9 Å². The number of urea groups is 1. The maximum absolute atomic E-state index is 14.1. The van der Waals surface area contributed by atoms with E-state index < -0.39 is 29.9 Å². The number of anilines is 1. The van der Waals surface area contributed by atoms with Gasteiger partial charge in [0.2, 0.25) is 0 Å². The van der Waals surface area contributed by atoms with Crippen LogP contribution in [0.2, 0.25) is 5.02 Å². The fraction of sp³-hybridized carbons (Fsp3) is 0.474. The first-order valence-electron chi connectivity index (χ1n) is 8.90. The fourth-order valence-corrected chi connectivity index (χ4v) is 2.44. The van der Waals surface area contributed by atoms with Crippen molar-refractivity contribution in [3.63, 3.8) is 0 Å². The maximum Gasteiger partial charge on any atom is 0.345 e. The smallest absolute Gasteiger partial charge is 0.345 e. The minimum absolute atomic E-state index is 0.0867. The Balaban J connectivity index is 3.02. The van der Waals surface area contributed by atoms with Crippen LogP contribution in [-0.2, 0) is 14.3 Å². The van der Waals surface area contributed by atoms with Gasteiger partial charge in [-0.2, -0.15) is 0 Å². The van der Waals surface area contributed by atoms with Crippen LogP contribution in [0, 0.1) is 5.82 Å². The van der Waals surface area contributed by atoms with E-state index in [-0.39, 0.29) is 29.3 Å². The summed E-state index contributed by atoms with van der Waals surface area (Å²) in [6.45, 7) is 7.07. The number of amides is 2. The molecule has 0 heterocycles. The van der Waals surface area contributed by atoms with Crippen LogP contribution in [0.15, 0.2) is 17.1 Å². The summed E-state index contributed by atoms with van der Waals surface area (Å²) < 4.78 is 24.0. The summed E-state index contributed by atoms with van der Waals surface area (Å²) in [5, 5.41) is 2.12. The van der Waals surface area contributed by atoms with Gasteiger partial charge in [0.15, 0.2) is 0 Å². The molecule has 0 bridgehead atoms. The highest BCUT2D eigenvalue weighted by Gasteiger charge is 2.19. The van der Waals surface area contributed by atoms with E-state index in [1.807, 2.05) is 6.92 Å². The van der Waals surface area contributed by atoms with E-state index in [1.165, 1.54) is 0 Å². The van der Waals surface area contributed by atoms with Gasteiger partial charge in [0, 0.05) is 5.71 Å². The van der Waals surface area contributed by atoms with Gasteiger partial charge in [-0.25, -0.2) is 19.0 Å². The summed E-state index contributed by atoms with van der Waals surface area (Å²) in [5.41, 5.74) is -0.0514. The van der Waals surface area contributed by atoms with Crippen LogP contribution < -0.4 is 5.32 Å². The molecular weight excluding hydrogens is 391 g/mol. The van der Waals surface area contributed by atoms with Crippen molar-refractivity contribution in [1.82, 2.24) is 0 Å². The van der Waals surface area contributed by atoms with Crippen LogP contribution in [0.25, 0.3) is 0 Å². The Morgan fingerprint density at radius 2 is 1.93 bits per heavy atom. The molecule has 0 aliphatic heterocycles. The molecule has 0 aliphatic rings. The van der Waals surface area contributed by atoms with E-state index in [4.69, 9.17) is 21.1 Å². The summed E-state index contributed by atoms with van der Waals surface area (Å²) >= 11 is 5.90. The number of hydrogen-bond acceptors (Lipinski definition) is 5. The lowest BCUT2D eigenvalue weighted by molar-refractivity contribution is -0.141. The third-order valence-electron chi connectivity index (χ3n) is 3.31. The van der Waals surface area contributed by atoms with Gasteiger partial charge in [0.05, 0.1) is 35.4 Å².